The van der Waals surface area contributed by atoms with E-state index < -0.39 is 15.9 Å². The molecule has 0 aromatic heterocycles. The number of carbonyl (C=O) groups is 1. The molecule has 0 unspecified atom stereocenters. The summed E-state index contributed by atoms with van der Waals surface area (Å²) < 4.78 is 25.5. The van der Waals surface area contributed by atoms with E-state index in [-0.39, 0.29) is 11.4 Å². The number of nitrogens with one attached hydrogen (secondary N) is 1. The summed E-state index contributed by atoms with van der Waals surface area (Å²) in [5.74, 6) is -0.530. The number of sulfonamides is 1. The Morgan fingerprint density at radius 2 is 1.95 bits per heavy atom. The van der Waals surface area contributed by atoms with Crippen molar-refractivity contribution < 1.29 is 18.0 Å². The van der Waals surface area contributed by atoms with Crippen LogP contribution in [0, 0.1) is 13.8 Å². The smallest absolute Gasteiger partial charge is 0.258 e. The van der Waals surface area contributed by atoms with Crippen molar-refractivity contribution in [2.24, 2.45) is 0 Å². The molecule has 0 fully saturated rings. The van der Waals surface area contributed by atoms with Crippen LogP contribution < -0.4 is 5.48 Å². The van der Waals surface area contributed by atoms with Gasteiger partial charge in [0.1, 0.15) is 0 Å². The zero-order chi connectivity index (χ0) is 14.6. The van der Waals surface area contributed by atoms with E-state index in [0.717, 1.165) is 15.4 Å². The standard InChI is InChI=1S/C12H18N2O4S/c1-9-5-6-11(7-10(9)2)19(16,17)14(3)8-12(15)13-18-4/h5-7H,8H2,1-4H3,(H,13,15). The number of amides is 1. The molecule has 0 saturated heterocycles. The van der Waals surface area contributed by atoms with E-state index in [9.17, 15) is 13.2 Å². The molecular weight excluding hydrogens is 268 g/mol. The Morgan fingerprint density at radius 1 is 1.32 bits per heavy atom. The quantitative estimate of drug-likeness (QED) is 0.804. The Hall–Kier alpha value is -1.44. The number of hydrogen-bond acceptors (Lipinski definition) is 4. The van der Waals surface area contributed by atoms with Crippen molar-refractivity contribution >= 4 is 15.9 Å². The van der Waals surface area contributed by atoms with E-state index in [0.29, 0.717) is 0 Å². The van der Waals surface area contributed by atoms with Crippen LogP contribution in [0.1, 0.15) is 11.1 Å². The molecule has 0 heterocycles. The molecule has 0 saturated carbocycles. The zero-order valence-corrected chi connectivity index (χ0v) is 12.2. The molecule has 0 radical (unpaired) electrons. The predicted molar refractivity (Wildman–Crippen MR) is 70.9 cm³/mol. The van der Waals surface area contributed by atoms with E-state index in [4.69, 9.17) is 0 Å². The molecule has 7 heteroatoms. The Kier molecular flexibility index (Phi) is 5.04. The minimum atomic E-state index is -3.67. The predicted octanol–water partition coefficient (Wildman–Crippen LogP) is 0.602. The second-order valence-electron chi connectivity index (χ2n) is 4.24. The minimum absolute atomic E-state index is 0.170. The lowest BCUT2D eigenvalue weighted by molar-refractivity contribution is -0.131. The third-order valence-electron chi connectivity index (χ3n) is 2.77. The van der Waals surface area contributed by atoms with Crippen LogP contribution in [0.4, 0.5) is 0 Å². The summed E-state index contributed by atoms with van der Waals surface area (Å²) in [6, 6.07) is 4.86. The molecule has 6 nitrogen and oxygen atoms in total. The highest BCUT2D eigenvalue weighted by Gasteiger charge is 2.23. The maximum Gasteiger partial charge on any atom is 0.258 e. The lowest BCUT2D eigenvalue weighted by atomic mass is 10.1. The molecule has 0 bridgehead atoms. The lowest BCUT2D eigenvalue weighted by Crippen LogP contribution is -2.37. The summed E-state index contributed by atoms with van der Waals surface area (Å²) >= 11 is 0. The maximum absolute atomic E-state index is 12.2. The number of benzene rings is 1. The van der Waals surface area contributed by atoms with Crippen LogP contribution in [0.15, 0.2) is 23.1 Å². The third kappa shape index (κ3) is 3.76. The van der Waals surface area contributed by atoms with Crippen LogP contribution in [0.25, 0.3) is 0 Å². The fraction of sp³-hybridized carbons (Fsp3) is 0.417. The van der Waals surface area contributed by atoms with Crippen molar-refractivity contribution in [1.82, 2.24) is 9.79 Å². The Bertz CT molecular complexity index is 569. The number of rotatable bonds is 5. The molecule has 0 atom stereocenters. The second kappa shape index (κ2) is 6.14. The third-order valence-corrected chi connectivity index (χ3v) is 4.57. The van der Waals surface area contributed by atoms with E-state index in [1.54, 1.807) is 12.1 Å². The fourth-order valence-electron chi connectivity index (χ4n) is 1.49. The fourth-order valence-corrected chi connectivity index (χ4v) is 2.70. The largest absolute Gasteiger partial charge is 0.277 e. The number of hydrogen-bond donors (Lipinski definition) is 1. The highest BCUT2D eigenvalue weighted by molar-refractivity contribution is 7.89. The molecular formula is C12H18N2O4S. The van der Waals surface area contributed by atoms with Crippen molar-refractivity contribution in [1.29, 1.82) is 0 Å². The van der Waals surface area contributed by atoms with Crippen molar-refractivity contribution in [3.63, 3.8) is 0 Å². The van der Waals surface area contributed by atoms with E-state index in [1.807, 2.05) is 13.8 Å². The number of carbonyl (C=O) groups excluding carboxylic acids is 1. The monoisotopic (exact) mass is 286 g/mol. The summed E-state index contributed by atoms with van der Waals surface area (Å²) in [7, 11) is -1.04. The SMILES string of the molecule is CONC(=O)CN(C)S(=O)(=O)c1ccc(C)c(C)c1. The molecule has 0 spiro atoms. The Labute approximate surface area is 113 Å². The number of hydroxylamine groups is 1. The molecule has 1 rings (SSSR count). The lowest BCUT2D eigenvalue weighted by Gasteiger charge is -2.17. The van der Waals surface area contributed by atoms with E-state index in [1.165, 1.54) is 20.2 Å². The molecule has 106 valence electrons. The maximum atomic E-state index is 12.2. The van der Waals surface area contributed by atoms with Gasteiger partial charge < -0.3 is 0 Å². The van der Waals surface area contributed by atoms with Gasteiger partial charge in [-0.15, -0.1) is 0 Å². The van der Waals surface area contributed by atoms with Gasteiger partial charge in [0.15, 0.2) is 0 Å². The van der Waals surface area contributed by atoms with Gasteiger partial charge in [0.2, 0.25) is 10.0 Å². The Balaban J connectivity index is 2.96. The van der Waals surface area contributed by atoms with Crippen LogP contribution in [-0.2, 0) is 19.7 Å². The number of aryl methyl sites for hydroxylation is 2. The first-order valence-corrected chi connectivity index (χ1v) is 7.08. The van der Waals surface area contributed by atoms with Gasteiger partial charge >= 0.3 is 0 Å². The summed E-state index contributed by atoms with van der Waals surface area (Å²) in [6.07, 6.45) is 0. The van der Waals surface area contributed by atoms with Gasteiger partial charge in [-0.2, -0.15) is 4.31 Å². The van der Waals surface area contributed by atoms with Gasteiger partial charge in [0.05, 0.1) is 18.6 Å². The van der Waals surface area contributed by atoms with Gasteiger partial charge in [-0.05, 0) is 37.1 Å². The van der Waals surface area contributed by atoms with Crippen LogP contribution >= 0.6 is 0 Å². The van der Waals surface area contributed by atoms with Crippen LogP contribution in [0.3, 0.4) is 0 Å². The molecule has 19 heavy (non-hydrogen) atoms. The molecule has 0 aliphatic heterocycles. The zero-order valence-electron chi connectivity index (χ0n) is 11.4. The van der Waals surface area contributed by atoms with Crippen molar-refractivity contribution in [2.75, 3.05) is 20.7 Å². The van der Waals surface area contributed by atoms with Gasteiger partial charge in [-0.3, -0.25) is 9.63 Å². The van der Waals surface area contributed by atoms with Gasteiger partial charge in [-0.1, -0.05) is 6.07 Å². The number of nitrogens with zero attached hydrogens (tertiary/aromatic N) is 1. The van der Waals surface area contributed by atoms with Gasteiger partial charge in [0.25, 0.3) is 5.91 Å². The normalized spacial score (nSPS) is 11.6. The van der Waals surface area contributed by atoms with Gasteiger partial charge in [0, 0.05) is 7.05 Å². The molecule has 1 aromatic carbocycles. The summed E-state index contributed by atoms with van der Waals surface area (Å²) in [4.78, 5) is 15.9. The van der Waals surface area contributed by atoms with Crippen molar-refractivity contribution in [2.45, 2.75) is 18.7 Å². The first-order valence-electron chi connectivity index (χ1n) is 5.64. The summed E-state index contributed by atoms with van der Waals surface area (Å²) in [6.45, 7) is 3.44. The topological polar surface area (TPSA) is 75.7 Å². The average Bonchev–Trinajstić information content (AvgIpc) is 2.32. The first kappa shape index (κ1) is 15.6. The average molecular weight is 286 g/mol. The molecule has 1 amide bonds. The van der Waals surface area contributed by atoms with E-state index in [2.05, 4.69) is 10.3 Å². The van der Waals surface area contributed by atoms with Gasteiger partial charge in [-0.25, -0.2) is 13.9 Å². The highest BCUT2D eigenvalue weighted by Crippen LogP contribution is 2.17. The summed E-state index contributed by atoms with van der Waals surface area (Å²) in [5, 5.41) is 0. The molecule has 0 aliphatic rings. The molecule has 1 N–H and O–H groups in total. The van der Waals surface area contributed by atoms with Crippen molar-refractivity contribution in [3.05, 3.63) is 29.3 Å². The van der Waals surface area contributed by atoms with Crippen LogP contribution in [0.2, 0.25) is 0 Å². The molecule has 0 aliphatic carbocycles. The van der Waals surface area contributed by atoms with E-state index >= 15 is 0 Å². The first-order chi connectivity index (χ1) is 8.78. The van der Waals surface area contributed by atoms with Crippen LogP contribution in [0.5, 0.6) is 0 Å². The molecule has 1 aromatic rings. The summed E-state index contributed by atoms with van der Waals surface area (Å²) in [5.41, 5.74) is 3.97. The number of likely N-dealkylation sites (N-methyl/N-ethyl adjacent to an activating group) is 1. The minimum Gasteiger partial charge on any atom is -0.277 e. The van der Waals surface area contributed by atoms with Crippen molar-refractivity contribution in [3.8, 4) is 0 Å². The Morgan fingerprint density at radius 3 is 2.47 bits per heavy atom. The second-order valence-corrected chi connectivity index (χ2v) is 6.28. The highest BCUT2D eigenvalue weighted by atomic mass is 32.2. The van der Waals surface area contributed by atoms with Crippen LogP contribution in [-0.4, -0.2) is 39.3 Å².